The van der Waals surface area contributed by atoms with Crippen molar-refractivity contribution in [2.45, 2.75) is 39.2 Å². The fraction of sp³-hybridized carbons (Fsp3) is 0.533. The van der Waals surface area contributed by atoms with Gasteiger partial charge >= 0.3 is 0 Å². The quantitative estimate of drug-likeness (QED) is 0.832. The van der Waals surface area contributed by atoms with Gasteiger partial charge in [-0.3, -0.25) is 0 Å². The molecule has 1 rings (SSSR count). The van der Waals surface area contributed by atoms with Gasteiger partial charge in [0.25, 0.3) is 0 Å². The summed E-state index contributed by atoms with van der Waals surface area (Å²) in [6, 6.07) is 3.90. The fourth-order valence-electron chi connectivity index (χ4n) is 2.00. The maximum absolute atomic E-state index is 10.0. The highest BCUT2D eigenvalue weighted by Crippen LogP contribution is 2.35. The van der Waals surface area contributed by atoms with E-state index in [4.69, 9.17) is 11.3 Å². The van der Waals surface area contributed by atoms with E-state index in [1.54, 1.807) is 7.11 Å². The van der Waals surface area contributed by atoms with Crippen molar-refractivity contribution in [1.29, 1.82) is 0 Å². The fourth-order valence-corrected chi connectivity index (χ4v) is 2.00. The minimum absolute atomic E-state index is 0.0639. The summed E-state index contributed by atoms with van der Waals surface area (Å²) in [4.78, 5) is 3.26. The van der Waals surface area contributed by atoms with E-state index < -0.39 is 6.10 Å². The number of benzene rings is 1. The first-order chi connectivity index (χ1) is 8.31. The smallest absolute Gasteiger partial charge is 0.244 e. The van der Waals surface area contributed by atoms with E-state index in [0.29, 0.717) is 0 Å². The second-order valence-electron chi connectivity index (χ2n) is 5.52. The van der Waals surface area contributed by atoms with Gasteiger partial charge in [0.1, 0.15) is 5.75 Å². The Bertz CT molecular complexity index is 467. The third kappa shape index (κ3) is 3.02. The molecule has 1 atom stereocenters. The maximum Gasteiger partial charge on any atom is 0.244 e. The van der Waals surface area contributed by atoms with Crippen LogP contribution in [0.3, 0.4) is 0 Å². The highest BCUT2D eigenvalue weighted by molar-refractivity contribution is 5.46. The van der Waals surface area contributed by atoms with E-state index in [1.807, 2.05) is 19.1 Å². The Morgan fingerprint density at radius 2 is 2.00 bits per heavy atom. The molecule has 0 saturated heterocycles. The molecule has 1 aromatic carbocycles. The summed E-state index contributed by atoms with van der Waals surface area (Å²) in [6.45, 7) is 15.2. The van der Waals surface area contributed by atoms with Crippen LogP contribution in [0.1, 0.15) is 43.6 Å². The van der Waals surface area contributed by atoms with Crippen LogP contribution in [0.25, 0.3) is 4.85 Å². The molecule has 0 saturated carbocycles. The highest BCUT2D eigenvalue weighted by atomic mass is 16.5. The van der Waals surface area contributed by atoms with E-state index in [9.17, 15) is 5.11 Å². The van der Waals surface area contributed by atoms with Gasteiger partial charge < -0.3 is 14.7 Å². The van der Waals surface area contributed by atoms with Crippen molar-refractivity contribution >= 4 is 0 Å². The first kappa shape index (κ1) is 14.5. The molecular formula is C15H21NO2. The van der Waals surface area contributed by atoms with Gasteiger partial charge in [-0.1, -0.05) is 20.8 Å². The number of aliphatic hydroxyl groups is 1. The molecule has 0 heterocycles. The number of ether oxygens (including phenoxy) is 1. The average molecular weight is 247 g/mol. The molecule has 0 fully saturated rings. The largest absolute Gasteiger partial charge is 0.496 e. The van der Waals surface area contributed by atoms with Crippen LogP contribution < -0.4 is 4.74 Å². The maximum atomic E-state index is 10.0. The van der Waals surface area contributed by atoms with Crippen LogP contribution in [0.4, 0.5) is 0 Å². The van der Waals surface area contributed by atoms with Crippen LogP contribution in [0.15, 0.2) is 12.1 Å². The zero-order valence-electron chi connectivity index (χ0n) is 11.7. The molecular weight excluding hydrogens is 226 g/mol. The molecule has 0 radical (unpaired) electrons. The number of aliphatic hydroxyl groups excluding tert-OH is 1. The molecule has 1 unspecified atom stereocenters. The molecule has 0 bridgehead atoms. The van der Waals surface area contributed by atoms with Crippen LogP contribution in [0, 0.1) is 13.5 Å². The Kier molecular flexibility index (Phi) is 4.37. The van der Waals surface area contributed by atoms with Crippen molar-refractivity contribution in [2.24, 2.45) is 0 Å². The highest BCUT2D eigenvalue weighted by Gasteiger charge is 2.23. The molecule has 0 aliphatic rings. The predicted octanol–water partition coefficient (Wildman–Crippen LogP) is 3.25. The van der Waals surface area contributed by atoms with Gasteiger partial charge in [0.2, 0.25) is 6.54 Å². The summed E-state index contributed by atoms with van der Waals surface area (Å²) < 4.78 is 5.41. The summed E-state index contributed by atoms with van der Waals surface area (Å²) >= 11 is 0. The molecule has 1 N–H and O–H groups in total. The summed E-state index contributed by atoms with van der Waals surface area (Å²) in [5.74, 6) is 0.832. The van der Waals surface area contributed by atoms with Gasteiger partial charge in [-0.15, -0.1) is 0 Å². The van der Waals surface area contributed by atoms with E-state index in [1.165, 1.54) is 0 Å². The molecule has 0 aliphatic heterocycles. The first-order valence-corrected chi connectivity index (χ1v) is 6.01. The lowest BCUT2D eigenvalue weighted by molar-refractivity contribution is 0.194. The van der Waals surface area contributed by atoms with E-state index in [0.717, 1.165) is 22.4 Å². The zero-order chi connectivity index (χ0) is 13.9. The monoisotopic (exact) mass is 247 g/mol. The molecule has 98 valence electrons. The average Bonchev–Trinajstić information content (AvgIpc) is 2.27. The number of rotatable bonds is 3. The third-order valence-electron chi connectivity index (χ3n) is 3.02. The summed E-state index contributed by atoms with van der Waals surface area (Å²) in [5, 5.41) is 10.0. The van der Waals surface area contributed by atoms with E-state index in [2.05, 4.69) is 25.6 Å². The van der Waals surface area contributed by atoms with Gasteiger partial charge in [0.05, 0.1) is 7.11 Å². The molecule has 0 spiro atoms. The van der Waals surface area contributed by atoms with Crippen LogP contribution in [0.2, 0.25) is 0 Å². The molecule has 3 heteroatoms. The minimum atomic E-state index is -0.727. The molecule has 18 heavy (non-hydrogen) atoms. The van der Waals surface area contributed by atoms with Crippen molar-refractivity contribution in [3.05, 3.63) is 40.2 Å². The number of nitrogens with zero attached hydrogens (tertiary/aromatic N) is 1. The van der Waals surface area contributed by atoms with Crippen LogP contribution in [0.5, 0.6) is 5.75 Å². The van der Waals surface area contributed by atoms with Gasteiger partial charge in [-0.25, -0.2) is 6.57 Å². The lowest BCUT2D eigenvalue weighted by atomic mass is 9.83. The van der Waals surface area contributed by atoms with Gasteiger partial charge in [-0.05, 0) is 41.2 Å². The Morgan fingerprint density at radius 1 is 1.39 bits per heavy atom. The van der Waals surface area contributed by atoms with Gasteiger partial charge in [0.15, 0.2) is 6.10 Å². The molecule has 0 amide bonds. The Balaban J connectivity index is 3.35. The summed E-state index contributed by atoms with van der Waals surface area (Å²) in [7, 11) is 1.65. The summed E-state index contributed by atoms with van der Waals surface area (Å²) in [6.07, 6.45) is -0.727. The first-order valence-electron chi connectivity index (χ1n) is 6.01. The molecule has 1 aromatic rings. The van der Waals surface area contributed by atoms with Crippen molar-refractivity contribution in [1.82, 2.24) is 0 Å². The Morgan fingerprint density at radius 3 is 2.44 bits per heavy atom. The Hall–Kier alpha value is -1.53. The lowest BCUT2D eigenvalue weighted by Gasteiger charge is -2.24. The standard InChI is InChI=1S/C15H21NO2/c1-10-7-14(18-6)12(15(2,3)4)8-11(10)13(17)9-16-5/h7-8,13,17H,9H2,1-4,6H3. The van der Waals surface area contributed by atoms with Crippen molar-refractivity contribution in [3.8, 4) is 5.75 Å². The second kappa shape index (κ2) is 5.41. The Labute approximate surface area is 109 Å². The van der Waals surface area contributed by atoms with Gasteiger partial charge in [0, 0.05) is 0 Å². The number of hydrogen-bond donors (Lipinski definition) is 1. The van der Waals surface area contributed by atoms with E-state index in [-0.39, 0.29) is 12.0 Å². The normalized spacial score (nSPS) is 12.9. The van der Waals surface area contributed by atoms with Crippen molar-refractivity contribution < 1.29 is 9.84 Å². The van der Waals surface area contributed by atoms with Crippen LogP contribution >= 0.6 is 0 Å². The number of methoxy groups -OCH3 is 1. The molecule has 3 nitrogen and oxygen atoms in total. The van der Waals surface area contributed by atoms with Crippen molar-refractivity contribution in [3.63, 3.8) is 0 Å². The second-order valence-corrected chi connectivity index (χ2v) is 5.52. The number of aryl methyl sites for hydroxylation is 1. The van der Waals surface area contributed by atoms with Gasteiger partial charge in [-0.2, -0.15) is 0 Å². The van der Waals surface area contributed by atoms with Crippen molar-refractivity contribution in [2.75, 3.05) is 13.7 Å². The zero-order valence-corrected chi connectivity index (χ0v) is 11.7. The van der Waals surface area contributed by atoms with E-state index >= 15 is 0 Å². The summed E-state index contributed by atoms with van der Waals surface area (Å²) in [5.41, 5.74) is 2.76. The lowest BCUT2D eigenvalue weighted by Crippen LogP contribution is -2.15. The van der Waals surface area contributed by atoms with Crippen LogP contribution in [-0.2, 0) is 5.41 Å². The third-order valence-corrected chi connectivity index (χ3v) is 3.02. The number of hydrogen-bond acceptors (Lipinski definition) is 2. The molecule has 0 aromatic heterocycles. The van der Waals surface area contributed by atoms with Crippen LogP contribution in [-0.4, -0.2) is 18.8 Å². The topological polar surface area (TPSA) is 33.8 Å². The minimum Gasteiger partial charge on any atom is -0.496 e. The predicted molar refractivity (Wildman–Crippen MR) is 72.9 cm³/mol. The molecule has 0 aliphatic carbocycles. The SMILES string of the molecule is [C-]#[N+]CC(O)c1cc(C(C)(C)C)c(OC)cc1C.